The number of methoxy groups -OCH3 is 2. The second kappa shape index (κ2) is 8.80. The van der Waals surface area contributed by atoms with Gasteiger partial charge >= 0.3 is 0 Å². The second-order valence-electron chi connectivity index (χ2n) is 4.53. The van der Waals surface area contributed by atoms with Crippen LogP contribution in [0.2, 0.25) is 18.1 Å². The van der Waals surface area contributed by atoms with Crippen molar-refractivity contribution < 1.29 is 18.7 Å². The molecule has 0 aromatic rings. The van der Waals surface area contributed by atoms with E-state index in [-0.39, 0.29) is 6.42 Å². The van der Waals surface area contributed by atoms with Crippen molar-refractivity contribution in [1.82, 2.24) is 0 Å². The molecule has 0 N–H and O–H groups in total. The van der Waals surface area contributed by atoms with Gasteiger partial charge in [0.25, 0.3) is 0 Å². The molecule has 4 nitrogen and oxygen atoms in total. The summed E-state index contributed by atoms with van der Waals surface area (Å²) >= 11 is 0. The van der Waals surface area contributed by atoms with Gasteiger partial charge in [-0.2, -0.15) is 0 Å². The van der Waals surface area contributed by atoms with Crippen molar-refractivity contribution in [2.45, 2.75) is 57.5 Å². The molecule has 0 spiro atoms. The van der Waals surface area contributed by atoms with Crippen LogP contribution in [0.3, 0.4) is 0 Å². The molecular formula is C13H28O4Si. The van der Waals surface area contributed by atoms with E-state index in [0.717, 1.165) is 24.4 Å². The van der Waals surface area contributed by atoms with Gasteiger partial charge in [0, 0.05) is 27.2 Å². The first-order valence-electron chi connectivity index (χ1n) is 6.75. The molecule has 108 valence electrons. The average Bonchev–Trinajstić information content (AvgIpc) is 2.43. The van der Waals surface area contributed by atoms with Crippen molar-refractivity contribution in [2.24, 2.45) is 0 Å². The highest BCUT2D eigenvalue weighted by molar-refractivity contribution is 6.73. The van der Waals surface area contributed by atoms with Gasteiger partial charge in [0.15, 0.2) is 14.1 Å². The molecule has 0 atom stereocenters. The molecule has 0 aliphatic rings. The summed E-state index contributed by atoms with van der Waals surface area (Å²) < 4.78 is 16.8. The van der Waals surface area contributed by atoms with Crippen LogP contribution in [-0.2, 0) is 18.7 Å². The summed E-state index contributed by atoms with van der Waals surface area (Å²) in [6, 6.07) is 3.38. The van der Waals surface area contributed by atoms with Crippen LogP contribution in [0, 0.1) is 0 Å². The van der Waals surface area contributed by atoms with E-state index in [1.54, 1.807) is 14.2 Å². The van der Waals surface area contributed by atoms with Crippen LogP contribution in [0.1, 0.15) is 33.6 Å². The normalized spacial score (nSPS) is 12.7. The van der Waals surface area contributed by atoms with Gasteiger partial charge in [-0.1, -0.05) is 20.8 Å². The number of hydrogen-bond donors (Lipinski definition) is 0. The first-order valence-corrected chi connectivity index (χ1v) is 9.28. The molecule has 0 unspecified atom stereocenters. The van der Waals surface area contributed by atoms with Gasteiger partial charge in [-0.25, -0.2) is 0 Å². The number of hydrogen-bond acceptors (Lipinski definition) is 4. The van der Waals surface area contributed by atoms with Crippen molar-refractivity contribution in [3.05, 3.63) is 0 Å². The van der Waals surface area contributed by atoms with E-state index in [0.29, 0.717) is 13.0 Å². The Morgan fingerprint density at radius 3 is 1.89 bits per heavy atom. The number of ether oxygens (including phenoxy) is 2. The van der Waals surface area contributed by atoms with Gasteiger partial charge in [-0.3, -0.25) is 0 Å². The third-order valence-electron chi connectivity index (χ3n) is 3.96. The van der Waals surface area contributed by atoms with Crippen molar-refractivity contribution >= 4 is 14.6 Å². The first kappa shape index (κ1) is 17.8. The van der Waals surface area contributed by atoms with E-state index >= 15 is 0 Å². The van der Waals surface area contributed by atoms with E-state index in [1.807, 2.05) is 0 Å². The van der Waals surface area contributed by atoms with Gasteiger partial charge in [0.1, 0.15) is 6.29 Å². The molecular weight excluding hydrogens is 248 g/mol. The lowest BCUT2D eigenvalue weighted by molar-refractivity contribution is -0.214. The third kappa shape index (κ3) is 4.80. The summed E-state index contributed by atoms with van der Waals surface area (Å²) in [6.45, 7) is 7.19. The lowest BCUT2D eigenvalue weighted by Crippen LogP contribution is -2.40. The van der Waals surface area contributed by atoms with Crippen LogP contribution in [0.4, 0.5) is 0 Å². The standard InChI is InChI=1S/C13H28O4Si/c1-6-18(7-2,8-3)17-12-10-13(15-4,16-5)9-11-14/h11H,6-10,12H2,1-5H3. The molecule has 0 rings (SSSR count). The van der Waals surface area contributed by atoms with E-state index in [9.17, 15) is 4.79 Å². The number of aldehydes is 1. The minimum absolute atomic E-state index is 0.238. The lowest BCUT2D eigenvalue weighted by Gasteiger charge is -2.32. The van der Waals surface area contributed by atoms with Crippen molar-refractivity contribution in [3.8, 4) is 0 Å². The van der Waals surface area contributed by atoms with E-state index in [1.165, 1.54) is 0 Å². The van der Waals surface area contributed by atoms with Gasteiger partial charge in [0.05, 0.1) is 6.42 Å². The van der Waals surface area contributed by atoms with Crippen LogP contribution in [-0.4, -0.2) is 41.2 Å². The summed E-state index contributed by atoms with van der Waals surface area (Å²) in [5.74, 6) is -0.822. The summed E-state index contributed by atoms with van der Waals surface area (Å²) in [5, 5.41) is 0. The quantitative estimate of drug-likeness (QED) is 0.331. The molecule has 0 aromatic heterocycles. The van der Waals surface area contributed by atoms with Crippen LogP contribution in [0.25, 0.3) is 0 Å². The summed E-state index contributed by atoms with van der Waals surface area (Å²) in [5.41, 5.74) is 0. The van der Waals surface area contributed by atoms with E-state index < -0.39 is 14.1 Å². The lowest BCUT2D eigenvalue weighted by atomic mass is 10.1. The van der Waals surface area contributed by atoms with Gasteiger partial charge in [-0.15, -0.1) is 0 Å². The topological polar surface area (TPSA) is 44.8 Å². The van der Waals surface area contributed by atoms with Crippen molar-refractivity contribution in [3.63, 3.8) is 0 Å². The van der Waals surface area contributed by atoms with Crippen LogP contribution >= 0.6 is 0 Å². The molecule has 0 heterocycles. The molecule has 0 fully saturated rings. The van der Waals surface area contributed by atoms with Gasteiger partial charge in [0.2, 0.25) is 0 Å². The fourth-order valence-corrected chi connectivity index (χ4v) is 4.81. The highest BCUT2D eigenvalue weighted by atomic mass is 28.4. The summed E-state index contributed by atoms with van der Waals surface area (Å²) in [4.78, 5) is 10.7. The Kier molecular flexibility index (Phi) is 8.68. The third-order valence-corrected chi connectivity index (χ3v) is 8.65. The van der Waals surface area contributed by atoms with Crippen molar-refractivity contribution in [1.29, 1.82) is 0 Å². The minimum Gasteiger partial charge on any atom is -0.417 e. The predicted octanol–water partition coefficient (Wildman–Crippen LogP) is 2.98. The second-order valence-corrected chi connectivity index (χ2v) is 9.31. The molecule has 0 radical (unpaired) electrons. The molecule has 0 aromatic carbocycles. The molecule has 0 saturated carbocycles. The number of rotatable bonds is 11. The predicted molar refractivity (Wildman–Crippen MR) is 75.2 cm³/mol. The Bertz CT molecular complexity index is 217. The molecule has 0 amide bonds. The van der Waals surface area contributed by atoms with Gasteiger partial charge < -0.3 is 18.7 Å². The first-order chi connectivity index (χ1) is 8.57. The van der Waals surface area contributed by atoms with E-state index in [2.05, 4.69) is 20.8 Å². The number of carbonyl (C=O) groups is 1. The monoisotopic (exact) mass is 276 g/mol. The summed E-state index contributed by atoms with van der Waals surface area (Å²) in [6.07, 6.45) is 1.66. The zero-order chi connectivity index (χ0) is 14.1. The van der Waals surface area contributed by atoms with E-state index in [4.69, 9.17) is 13.9 Å². The fourth-order valence-electron chi connectivity index (χ4n) is 2.16. The van der Waals surface area contributed by atoms with Crippen LogP contribution in [0.15, 0.2) is 0 Å². The minimum atomic E-state index is -1.57. The zero-order valence-corrected chi connectivity index (χ0v) is 13.5. The smallest absolute Gasteiger partial charge is 0.191 e. The molecule has 5 heteroatoms. The van der Waals surface area contributed by atoms with Crippen LogP contribution in [0.5, 0.6) is 0 Å². The Hall–Kier alpha value is -0.233. The fraction of sp³-hybridized carbons (Fsp3) is 0.923. The Labute approximate surface area is 112 Å². The Morgan fingerprint density at radius 1 is 1.06 bits per heavy atom. The SMILES string of the molecule is CC[Si](CC)(CC)OCCC(CC=O)(OC)OC. The number of carbonyl (C=O) groups excluding carboxylic acids is 1. The largest absolute Gasteiger partial charge is 0.417 e. The maximum atomic E-state index is 10.7. The maximum absolute atomic E-state index is 10.7. The van der Waals surface area contributed by atoms with Gasteiger partial charge in [-0.05, 0) is 18.1 Å². The average molecular weight is 276 g/mol. The summed E-state index contributed by atoms with van der Waals surface area (Å²) in [7, 11) is 1.57. The zero-order valence-electron chi connectivity index (χ0n) is 12.5. The maximum Gasteiger partial charge on any atom is 0.191 e. The Morgan fingerprint density at radius 2 is 1.56 bits per heavy atom. The Balaban J connectivity index is 4.40. The molecule has 0 bridgehead atoms. The van der Waals surface area contributed by atoms with Crippen LogP contribution < -0.4 is 0 Å². The molecule has 0 aliphatic heterocycles. The molecule has 0 aliphatic carbocycles. The highest BCUT2D eigenvalue weighted by Gasteiger charge is 2.32. The molecule has 18 heavy (non-hydrogen) atoms. The highest BCUT2D eigenvalue weighted by Crippen LogP contribution is 2.25. The molecule has 0 saturated heterocycles. The van der Waals surface area contributed by atoms with Crippen molar-refractivity contribution in [2.75, 3.05) is 20.8 Å².